The lowest BCUT2D eigenvalue weighted by molar-refractivity contribution is -0.119. The SMILES string of the molecule is CC(C)[C@H]1CN(Cc2cccc(OCC(N)=O)c2)CCCN1CC1CC1. The van der Waals surface area contributed by atoms with E-state index in [-0.39, 0.29) is 6.61 Å². The molecular weight excluding hydrogens is 326 g/mol. The van der Waals surface area contributed by atoms with Gasteiger partial charge in [0.2, 0.25) is 0 Å². The van der Waals surface area contributed by atoms with E-state index in [1.165, 1.54) is 37.9 Å². The number of nitrogens with two attached hydrogens (primary N) is 1. The van der Waals surface area contributed by atoms with E-state index in [1.54, 1.807) is 0 Å². The van der Waals surface area contributed by atoms with Gasteiger partial charge in [0.1, 0.15) is 5.75 Å². The fourth-order valence-corrected chi connectivity index (χ4v) is 3.92. The number of primary amides is 1. The Kier molecular flexibility index (Phi) is 6.54. The fraction of sp³-hybridized carbons (Fsp3) is 0.667. The van der Waals surface area contributed by atoms with Crippen LogP contribution >= 0.6 is 0 Å². The van der Waals surface area contributed by atoms with Gasteiger partial charge in [-0.15, -0.1) is 0 Å². The summed E-state index contributed by atoms with van der Waals surface area (Å²) < 4.78 is 5.45. The molecule has 1 aliphatic heterocycles. The molecule has 3 rings (SSSR count). The molecule has 2 fully saturated rings. The Morgan fingerprint density at radius 1 is 1.31 bits per heavy atom. The molecular formula is C21H33N3O2. The largest absolute Gasteiger partial charge is 0.484 e. The predicted molar refractivity (Wildman–Crippen MR) is 104 cm³/mol. The van der Waals surface area contributed by atoms with Crippen LogP contribution in [0.25, 0.3) is 0 Å². The first-order chi connectivity index (χ1) is 12.5. The van der Waals surface area contributed by atoms with E-state index in [4.69, 9.17) is 10.5 Å². The highest BCUT2D eigenvalue weighted by atomic mass is 16.5. The quantitative estimate of drug-likeness (QED) is 0.775. The molecule has 5 heteroatoms. The predicted octanol–water partition coefficient (Wildman–Crippen LogP) is 2.49. The Labute approximate surface area is 157 Å². The zero-order valence-electron chi connectivity index (χ0n) is 16.2. The van der Waals surface area contributed by atoms with Crippen molar-refractivity contribution in [3.8, 4) is 5.75 Å². The third kappa shape index (κ3) is 5.71. The molecule has 1 saturated carbocycles. The average Bonchev–Trinajstić information content (AvgIpc) is 3.42. The van der Waals surface area contributed by atoms with Crippen LogP contribution in [0.2, 0.25) is 0 Å². The van der Waals surface area contributed by atoms with Crippen LogP contribution in [0.5, 0.6) is 5.75 Å². The number of carbonyl (C=O) groups is 1. The van der Waals surface area contributed by atoms with Gasteiger partial charge in [-0.3, -0.25) is 14.6 Å². The lowest BCUT2D eigenvalue weighted by atomic mass is 10.0. The minimum absolute atomic E-state index is 0.0707. The number of nitrogens with zero attached hydrogens (tertiary/aromatic N) is 2. The summed E-state index contributed by atoms with van der Waals surface area (Å²) in [6.07, 6.45) is 4.07. The van der Waals surface area contributed by atoms with Gasteiger partial charge in [-0.05, 0) is 61.9 Å². The van der Waals surface area contributed by atoms with Gasteiger partial charge in [0.25, 0.3) is 5.91 Å². The summed E-state index contributed by atoms with van der Waals surface area (Å²) in [6.45, 7) is 10.3. The Bertz CT molecular complexity index is 601. The third-order valence-electron chi connectivity index (χ3n) is 5.48. The molecule has 1 heterocycles. The summed E-state index contributed by atoms with van der Waals surface area (Å²) in [5.74, 6) is 1.88. The summed E-state index contributed by atoms with van der Waals surface area (Å²) in [4.78, 5) is 16.2. The molecule has 2 aliphatic rings. The highest BCUT2D eigenvalue weighted by Gasteiger charge is 2.32. The number of hydrogen-bond acceptors (Lipinski definition) is 4. The zero-order valence-corrected chi connectivity index (χ0v) is 16.2. The lowest BCUT2D eigenvalue weighted by Crippen LogP contribution is -2.45. The Morgan fingerprint density at radius 2 is 2.12 bits per heavy atom. The Hall–Kier alpha value is -1.59. The van der Waals surface area contributed by atoms with Gasteiger partial charge in [-0.1, -0.05) is 26.0 Å². The number of benzene rings is 1. The van der Waals surface area contributed by atoms with Crippen molar-refractivity contribution in [2.75, 3.05) is 32.8 Å². The molecule has 0 unspecified atom stereocenters. The van der Waals surface area contributed by atoms with Crippen LogP contribution in [0, 0.1) is 11.8 Å². The molecule has 0 aromatic heterocycles. The molecule has 1 saturated heterocycles. The zero-order chi connectivity index (χ0) is 18.5. The van der Waals surface area contributed by atoms with Crippen LogP contribution in [0.4, 0.5) is 0 Å². The standard InChI is InChI=1S/C21H33N3O2/c1-16(2)20-14-23(9-4-10-24(20)13-17-7-8-17)12-18-5-3-6-19(11-18)26-15-21(22)25/h3,5-6,11,16-17,20H,4,7-10,12-15H2,1-2H3,(H2,22,25)/t20-/m1/s1. The second-order valence-corrected chi connectivity index (χ2v) is 8.24. The maximum Gasteiger partial charge on any atom is 0.255 e. The molecule has 26 heavy (non-hydrogen) atoms. The second kappa shape index (κ2) is 8.87. The summed E-state index contributed by atoms with van der Waals surface area (Å²) in [5, 5.41) is 0. The first-order valence-corrected chi connectivity index (χ1v) is 9.97. The van der Waals surface area contributed by atoms with Gasteiger partial charge in [-0.2, -0.15) is 0 Å². The first kappa shape index (κ1) is 19.2. The normalized spacial score (nSPS) is 22.3. The van der Waals surface area contributed by atoms with Gasteiger partial charge in [-0.25, -0.2) is 0 Å². The van der Waals surface area contributed by atoms with Crippen molar-refractivity contribution >= 4 is 5.91 Å². The van der Waals surface area contributed by atoms with Crippen molar-refractivity contribution in [1.29, 1.82) is 0 Å². The van der Waals surface area contributed by atoms with E-state index in [2.05, 4.69) is 29.7 Å². The number of rotatable bonds is 8. The maximum atomic E-state index is 10.9. The van der Waals surface area contributed by atoms with E-state index in [1.807, 2.05) is 18.2 Å². The molecule has 1 aromatic carbocycles. The van der Waals surface area contributed by atoms with Crippen LogP contribution in [0.1, 0.15) is 38.7 Å². The van der Waals surface area contributed by atoms with Crippen LogP contribution in [0.3, 0.4) is 0 Å². The van der Waals surface area contributed by atoms with Crippen molar-refractivity contribution in [3.05, 3.63) is 29.8 Å². The van der Waals surface area contributed by atoms with Crippen LogP contribution < -0.4 is 10.5 Å². The molecule has 1 amide bonds. The van der Waals surface area contributed by atoms with Gasteiger partial charge >= 0.3 is 0 Å². The molecule has 0 spiro atoms. The Balaban J connectivity index is 1.61. The Morgan fingerprint density at radius 3 is 2.81 bits per heavy atom. The fourth-order valence-electron chi connectivity index (χ4n) is 3.92. The van der Waals surface area contributed by atoms with Crippen molar-refractivity contribution in [1.82, 2.24) is 9.80 Å². The minimum Gasteiger partial charge on any atom is -0.484 e. The highest BCUT2D eigenvalue weighted by Crippen LogP contribution is 2.32. The number of carbonyl (C=O) groups excluding carboxylic acids is 1. The van der Waals surface area contributed by atoms with E-state index >= 15 is 0 Å². The van der Waals surface area contributed by atoms with Crippen molar-refractivity contribution in [2.24, 2.45) is 17.6 Å². The molecule has 0 radical (unpaired) electrons. The average molecular weight is 360 g/mol. The van der Waals surface area contributed by atoms with Crippen LogP contribution in [-0.2, 0) is 11.3 Å². The van der Waals surface area contributed by atoms with E-state index < -0.39 is 5.91 Å². The smallest absolute Gasteiger partial charge is 0.255 e. The molecule has 2 N–H and O–H groups in total. The van der Waals surface area contributed by atoms with Crippen LogP contribution in [-0.4, -0.2) is 54.5 Å². The topological polar surface area (TPSA) is 58.8 Å². The number of hydrogen-bond donors (Lipinski definition) is 1. The van der Waals surface area contributed by atoms with E-state index in [9.17, 15) is 4.79 Å². The third-order valence-corrected chi connectivity index (χ3v) is 5.48. The molecule has 144 valence electrons. The second-order valence-electron chi connectivity index (χ2n) is 8.24. The first-order valence-electron chi connectivity index (χ1n) is 9.97. The molecule has 1 aromatic rings. The number of amides is 1. The minimum atomic E-state index is -0.446. The molecule has 1 atom stereocenters. The van der Waals surface area contributed by atoms with Gasteiger partial charge in [0, 0.05) is 25.7 Å². The summed E-state index contributed by atoms with van der Waals surface area (Å²) >= 11 is 0. The molecule has 5 nitrogen and oxygen atoms in total. The van der Waals surface area contributed by atoms with Crippen molar-refractivity contribution in [2.45, 2.75) is 45.7 Å². The van der Waals surface area contributed by atoms with Crippen LogP contribution in [0.15, 0.2) is 24.3 Å². The van der Waals surface area contributed by atoms with Gasteiger partial charge in [0.15, 0.2) is 6.61 Å². The summed E-state index contributed by atoms with van der Waals surface area (Å²) in [5.41, 5.74) is 6.39. The molecule has 0 bridgehead atoms. The highest BCUT2D eigenvalue weighted by molar-refractivity contribution is 5.75. The lowest BCUT2D eigenvalue weighted by Gasteiger charge is -2.34. The monoisotopic (exact) mass is 359 g/mol. The number of ether oxygens (including phenoxy) is 1. The summed E-state index contributed by atoms with van der Waals surface area (Å²) in [6, 6.07) is 8.66. The van der Waals surface area contributed by atoms with Crippen molar-refractivity contribution < 1.29 is 9.53 Å². The van der Waals surface area contributed by atoms with E-state index in [0.29, 0.717) is 17.7 Å². The van der Waals surface area contributed by atoms with E-state index in [0.717, 1.165) is 25.6 Å². The summed E-state index contributed by atoms with van der Waals surface area (Å²) in [7, 11) is 0. The van der Waals surface area contributed by atoms with Gasteiger partial charge < -0.3 is 10.5 Å². The van der Waals surface area contributed by atoms with Gasteiger partial charge in [0.05, 0.1) is 0 Å². The molecule has 1 aliphatic carbocycles. The maximum absolute atomic E-state index is 10.9. The van der Waals surface area contributed by atoms with Crippen molar-refractivity contribution in [3.63, 3.8) is 0 Å².